The van der Waals surface area contributed by atoms with E-state index in [0.717, 1.165) is 9.13 Å². The Morgan fingerprint density at radius 3 is 1.88 bits per heavy atom. The van der Waals surface area contributed by atoms with Crippen LogP contribution in [-0.2, 0) is 32.2 Å². The topological polar surface area (TPSA) is 271 Å². The van der Waals surface area contributed by atoms with Crippen LogP contribution in [0.25, 0.3) is 0 Å². The van der Waals surface area contributed by atoms with Gasteiger partial charge in [0.15, 0.2) is 0 Å². The van der Waals surface area contributed by atoms with Gasteiger partial charge in [0.2, 0.25) is 0 Å². The number of phosphoric acid groups is 2. The molecule has 2 aliphatic heterocycles. The second kappa shape index (κ2) is 12.0. The van der Waals surface area contributed by atoms with Crippen LogP contribution in [-0.4, -0.2) is 76.5 Å². The van der Waals surface area contributed by atoms with Crippen molar-refractivity contribution >= 4 is 15.6 Å². The summed E-state index contributed by atoms with van der Waals surface area (Å²) in [5.41, 5.74) is -2.54. The number of rotatable bonds is 10. The van der Waals surface area contributed by atoms with Crippen LogP contribution < -0.4 is 22.5 Å². The van der Waals surface area contributed by atoms with Crippen molar-refractivity contribution in [1.82, 2.24) is 19.1 Å². The predicted molar refractivity (Wildman–Crippen MR) is 134 cm³/mol. The molecule has 0 saturated carbocycles. The van der Waals surface area contributed by atoms with Crippen LogP contribution in [0.2, 0.25) is 0 Å². The molecule has 0 aromatic carbocycles. The van der Waals surface area contributed by atoms with E-state index in [1.165, 1.54) is 26.2 Å². The lowest BCUT2D eigenvalue weighted by molar-refractivity contribution is -0.0571. The third-order valence-electron chi connectivity index (χ3n) is 6.37. The van der Waals surface area contributed by atoms with E-state index in [-0.39, 0.29) is 24.0 Å². The number of phosphoric ester groups is 2. The van der Waals surface area contributed by atoms with Crippen LogP contribution in [0.5, 0.6) is 0 Å². The maximum absolute atomic E-state index is 12.8. The number of aliphatic hydroxyl groups is 1. The summed E-state index contributed by atoms with van der Waals surface area (Å²) >= 11 is 0. The van der Waals surface area contributed by atoms with E-state index in [2.05, 4.69) is 14.5 Å². The van der Waals surface area contributed by atoms with Gasteiger partial charge in [0.1, 0.15) is 30.8 Å². The second-order valence-corrected chi connectivity index (χ2v) is 12.1. The van der Waals surface area contributed by atoms with Gasteiger partial charge in [-0.1, -0.05) is 0 Å². The number of aryl methyl sites for hydroxylation is 2. The molecule has 19 nitrogen and oxygen atoms in total. The Labute approximate surface area is 229 Å². The van der Waals surface area contributed by atoms with Crippen molar-refractivity contribution in [3.8, 4) is 0 Å². The average molecular weight is 626 g/mol. The summed E-state index contributed by atoms with van der Waals surface area (Å²) in [4.78, 5) is 80.4. The summed E-state index contributed by atoms with van der Waals surface area (Å²) in [6.45, 7) is 1.40. The highest BCUT2D eigenvalue weighted by Gasteiger charge is 2.44. The lowest BCUT2D eigenvalue weighted by atomic mass is 10.2. The van der Waals surface area contributed by atoms with Crippen molar-refractivity contribution in [1.29, 1.82) is 0 Å². The standard InChI is InChI=1S/C20H28N4O15P2/c1-9-5-23(19(28)21-17(9)26)15-3-11(25)13(37-15)7-36-41(33,34)39-12-4-16(38-14(12)8-35-40(30,31)32)24-6-10(2)18(27)22-20(24)29/h5-6,11-16,25H,3-4,7-8H2,1-2H3,(H,33,34)(H,21,26,28)(H,22,27,29)(H2,30,31,32)/t11-,12-,13+,14+,15+,16+/m0/s1. The highest BCUT2D eigenvalue weighted by atomic mass is 31.2. The monoisotopic (exact) mass is 626 g/mol. The molecule has 0 aliphatic carbocycles. The van der Waals surface area contributed by atoms with E-state index < -0.39 is 88.2 Å². The number of ether oxygens (including phenoxy) is 2. The molecule has 2 aliphatic rings. The summed E-state index contributed by atoms with van der Waals surface area (Å²) in [5, 5.41) is 10.4. The molecule has 2 aromatic rings. The number of aromatic amines is 2. The highest BCUT2D eigenvalue weighted by Crippen LogP contribution is 2.49. The molecule has 2 saturated heterocycles. The Kier molecular flexibility index (Phi) is 9.18. The van der Waals surface area contributed by atoms with Gasteiger partial charge in [-0.25, -0.2) is 18.7 Å². The number of hydrogen-bond donors (Lipinski definition) is 6. The zero-order valence-electron chi connectivity index (χ0n) is 21.5. The molecule has 6 N–H and O–H groups in total. The molecule has 0 spiro atoms. The van der Waals surface area contributed by atoms with Gasteiger partial charge in [0, 0.05) is 36.4 Å². The quantitative estimate of drug-likeness (QED) is 0.160. The normalized spacial score (nSPS) is 28.1. The molecule has 0 amide bonds. The Bertz CT molecular complexity index is 1610. The zero-order valence-corrected chi connectivity index (χ0v) is 23.3. The fraction of sp³-hybridized carbons (Fsp3) is 0.600. The molecule has 2 aromatic heterocycles. The van der Waals surface area contributed by atoms with E-state index in [1.807, 2.05) is 0 Å². The summed E-state index contributed by atoms with van der Waals surface area (Å²) in [6.07, 6.45) is -5.38. The van der Waals surface area contributed by atoms with Crippen LogP contribution in [0.3, 0.4) is 0 Å². The minimum absolute atomic E-state index is 0.108. The lowest BCUT2D eigenvalue weighted by Gasteiger charge is -2.22. The van der Waals surface area contributed by atoms with Crippen molar-refractivity contribution in [3.05, 3.63) is 65.2 Å². The Balaban J connectivity index is 1.44. The third-order valence-corrected chi connectivity index (χ3v) is 7.87. The second-order valence-electron chi connectivity index (χ2n) is 9.45. The molecule has 21 heteroatoms. The molecule has 0 radical (unpaired) electrons. The summed E-state index contributed by atoms with van der Waals surface area (Å²) in [6, 6.07) is 0. The first kappa shape index (κ1) is 31.4. The molecule has 2 fully saturated rings. The van der Waals surface area contributed by atoms with Crippen LogP contribution in [0.1, 0.15) is 36.4 Å². The Morgan fingerprint density at radius 1 is 0.854 bits per heavy atom. The molecular weight excluding hydrogens is 598 g/mol. The smallest absolute Gasteiger partial charge is 0.390 e. The zero-order chi connectivity index (χ0) is 30.3. The van der Waals surface area contributed by atoms with E-state index >= 15 is 0 Å². The van der Waals surface area contributed by atoms with Crippen LogP contribution in [0.4, 0.5) is 0 Å². The average Bonchev–Trinajstić information content (AvgIpc) is 3.43. The summed E-state index contributed by atoms with van der Waals surface area (Å²) in [5.74, 6) is 0. The number of hydrogen-bond acceptors (Lipinski definition) is 12. The SMILES string of the molecule is Cc1cn([C@H]2C[C@H](OP(=O)(O)OC[C@H]3O[C@@H](n4cc(C)c(=O)[nH]c4=O)C[C@@H]3O)[C@@H](COP(=O)(O)O)O2)c(=O)[nH]c1=O. The maximum atomic E-state index is 12.8. The van der Waals surface area contributed by atoms with Gasteiger partial charge in [-0.05, 0) is 13.8 Å². The predicted octanol–water partition coefficient (Wildman–Crippen LogP) is -1.75. The van der Waals surface area contributed by atoms with Crippen molar-refractivity contribution in [3.63, 3.8) is 0 Å². The van der Waals surface area contributed by atoms with Gasteiger partial charge < -0.3 is 29.3 Å². The largest absolute Gasteiger partial charge is 0.472 e. The number of nitrogens with one attached hydrogen (secondary N) is 2. The summed E-state index contributed by atoms with van der Waals surface area (Å²) < 4.78 is 51.8. The van der Waals surface area contributed by atoms with Gasteiger partial charge in [-0.2, -0.15) is 0 Å². The molecule has 0 bridgehead atoms. The fourth-order valence-electron chi connectivity index (χ4n) is 4.31. The molecule has 41 heavy (non-hydrogen) atoms. The van der Waals surface area contributed by atoms with Gasteiger partial charge >= 0.3 is 27.0 Å². The van der Waals surface area contributed by atoms with E-state index in [0.29, 0.717) is 0 Å². The number of aliphatic hydroxyl groups excluding tert-OH is 1. The van der Waals surface area contributed by atoms with Crippen LogP contribution in [0, 0.1) is 13.8 Å². The number of aromatic nitrogens is 4. The number of H-pyrrole nitrogens is 2. The molecule has 1 unspecified atom stereocenters. The van der Waals surface area contributed by atoms with E-state index in [4.69, 9.17) is 28.3 Å². The first-order valence-corrected chi connectivity index (χ1v) is 15.0. The minimum Gasteiger partial charge on any atom is -0.390 e. The van der Waals surface area contributed by atoms with Crippen LogP contribution in [0.15, 0.2) is 31.6 Å². The van der Waals surface area contributed by atoms with Crippen molar-refractivity contribution in [2.45, 2.75) is 63.6 Å². The molecule has 4 heterocycles. The van der Waals surface area contributed by atoms with E-state index in [1.54, 1.807) is 0 Å². The third kappa shape index (κ3) is 7.65. The molecule has 228 valence electrons. The summed E-state index contributed by atoms with van der Waals surface area (Å²) in [7, 11) is -9.96. The molecular formula is C20H28N4O15P2. The Hall–Kier alpha value is -2.54. The van der Waals surface area contributed by atoms with Gasteiger partial charge in [-0.15, -0.1) is 0 Å². The first-order chi connectivity index (χ1) is 19.0. The van der Waals surface area contributed by atoms with Gasteiger partial charge in [0.25, 0.3) is 11.1 Å². The van der Waals surface area contributed by atoms with Crippen molar-refractivity contribution in [2.24, 2.45) is 0 Å². The van der Waals surface area contributed by atoms with E-state index in [9.17, 15) is 38.3 Å². The van der Waals surface area contributed by atoms with Crippen molar-refractivity contribution < 1.29 is 52.0 Å². The van der Waals surface area contributed by atoms with Crippen LogP contribution >= 0.6 is 15.6 Å². The van der Waals surface area contributed by atoms with Gasteiger partial charge in [-0.3, -0.25) is 42.3 Å². The molecule has 4 rings (SSSR count). The highest BCUT2D eigenvalue weighted by molar-refractivity contribution is 7.47. The minimum atomic E-state index is -4.99. The van der Waals surface area contributed by atoms with Gasteiger partial charge in [0.05, 0.1) is 19.3 Å². The maximum Gasteiger partial charge on any atom is 0.472 e. The number of nitrogens with zero attached hydrogens (tertiary/aromatic N) is 2. The fourth-order valence-corrected chi connectivity index (χ4v) is 5.61. The lowest BCUT2D eigenvalue weighted by Crippen LogP contribution is -2.33. The molecule has 7 atom stereocenters. The van der Waals surface area contributed by atoms with Crippen molar-refractivity contribution in [2.75, 3.05) is 13.2 Å². The first-order valence-electron chi connectivity index (χ1n) is 12.0. The Morgan fingerprint density at radius 2 is 1.34 bits per heavy atom.